The lowest BCUT2D eigenvalue weighted by atomic mass is 10.1. The van der Waals surface area contributed by atoms with E-state index in [1.807, 2.05) is 17.8 Å². The highest BCUT2D eigenvalue weighted by Gasteiger charge is 2.19. The van der Waals surface area contributed by atoms with Gasteiger partial charge in [0.05, 0.1) is 5.69 Å². The average Bonchev–Trinajstić information content (AvgIpc) is 2.59. The molecule has 0 atom stereocenters. The van der Waals surface area contributed by atoms with E-state index in [-0.39, 0.29) is 0 Å². The molecule has 14 heavy (non-hydrogen) atoms. The number of benzene rings is 1. The summed E-state index contributed by atoms with van der Waals surface area (Å²) in [7, 11) is 0. The minimum absolute atomic E-state index is 0.646. The van der Waals surface area contributed by atoms with Gasteiger partial charge >= 0.3 is 0 Å². The van der Waals surface area contributed by atoms with E-state index in [1.54, 1.807) is 11.3 Å². The van der Waals surface area contributed by atoms with Gasteiger partial charge in [0, 0.05) is 21.1 Å². The Morgan fingerprint density at radius 1 is 1.29 bits per heavy atom. The van der Waals surface area contributed by atoms with E-state index < -0.39 is 0 Å². The molecule has 0 aliphatic carbocycles. The molecule has 0 bridgehead atoms. The fourth-order valence-corrected chi connectivity index (χ4v) is 3.85. The van der Waals surface area contributed by atoms with Crippen LogP contribution in [0.25, 0.3) is 11.3 Å². The summed E-state index contributed by atoms with van der Waals surface area (Å²) >= 11 is 9.36. The Morgan fingerprint density at radius 2 is 2.14 bits per heavy atom. The Morgan fingerprint density at radius 3 is 3.07 bits per heavy atom. The van der Waals surface area contributed by atoms with Gasteiger partial charge in [0.25, 0.3) is 0 Å². The highest BCUT2D eigenvalue weighted by atomic mass is 35.5. The number of aromatic nitrogens is 1. The third-order valence-electron chi connectivity index (χ3n) is 2.17. The van der Waals surface area contributed by atoms with Crippen molar-refractivity contribution in [1.82, 2.24) is 4.98 Å². The summed E-state index contributed by atoms with van der Waals surface area (Å²) in [5.41, 5.74) is 2.30. The first-order valence-electron chi connectivity index (χ1n) is 4.22. The summed E-state index contributed by atoms with van der Waals surface area (Å²) in [5, 5.41) is 0. The largest absolute Gasteiger partial charge is 0.225 e. The van der Waals surface area contributed by atoms with Crippen molar-refractivity contribution in [2.75, 3.05) is 0 Å². The van der Waals surface area contributed by atoms with Crippen molar-refractivity contribution in [1.29, 1.82) is 0 Å². The molecule has 0 saturated carbocycles. The van der Waals surface area contributed by atoms with Crippen LogP contribution in [0.2, 0.25) is 4.47 Å². The van der Waals surface area contributed by atoms with Crippen LogP contribution in [-0.4, -0.2) is 4.98 Å². The SMILES string of the molecule is Clc1nc2c(s1)CSc1ccccc1-2. The molecule has 0 fully saturated rings. The molecule has 1 nitrogen and oxygen atoms in total. The number of halogens is 1. The van der Waals surface area contributed by atoms with Gasteiger partial charge in [0.2, 0.25) is 0 Å². The maximum absolute atomic E-state index is 5.92. The number of rotatable bonds is 0. The molecule has 0 spiro atoms. The van der Waals surface area contributed by atoms with Gasteiger partial charge in [-0.05, 0) is 6.07 Å². The molecule has 1 aliphatic rings. The van der Waals surface area contributed by atoms with Crippen LogP contribution in [-0.2, 0) is 5.75 Å². The molecule has 2 heterocycles. The van der Waals surface area contributed by atoms with Gasteiger partial charge in [0.1, 0.15) is 0 Å². The van der Waals surface area contributed by atoms with Gasteiger partial charge in [-0.15, -0.1) is 23.1 Å². The molecule has 3 rings (SSSR count). The number of hydrogen-bond donors (Lipinski definition) is 0. The first-order chi connectivity index (χ1) is 6.84. The van der Waals surface area contributed by atoms with Crippen LogP contribution in [0.3, 0.4) is 0 Å². The van der Waals surface area contributed by atoms with Crippen LogP contribution in [0.4, 0.5) is 0 Å². The Bertz CT molecular complexity index is 493. The van der Waals surface area contributed by atoms with Gasteiger partial charge in [-0.25, -0.2) is 4.98 Å². The molecule has 0 amide bonds. The smallest absolute Gasteiger partial charge is 0.184 e. The molecule has 4 heteroatoms. The minimum Gasteiger partial charge on any atom is -0.225 e. The second-order valence-corrected chi connectivity index (χ2v) is 5.71. The summed E-state index contributed by atoms with van der Waals surface area (Å²) in [6.45, 7) is 0. The summed E-state index contributed by atoms with van der Waals surface area (Å²) in [5.74, 6) is 0.997. The van der Waals surface area contributed by atoms with E-state index in [0.717, 1.165) is 11.4 Å². The van der Waals surface area contributed by atoms with Gasteiger partial charge in [0.15, 0.2) is 4.47 Å². The van der Waals surface area contributed by atoms with E-state index in [2.05, 4.69) is 23.2 Å². The second-order valence-electron chi connectivity index (χ2n) is 3.02. The minimum atomic E-state index is 0.646. The van der Waals surface area contributed by atoms with Gasteiger partial charge in [-0.1, -0.05) is 29.8 Å². The fourth-order valence-electron chi connectivity index (χ4n) is 1.56. The first kappa shape index (κ1) is 8.77. The van der Waals surface area contributed by atoms with Crippen molar-refractivity contribution >= 4 is 34.7 Å². The molecule has 0 N–H and O–H groups in total. The van der Waals surface area contributed by atoms with Crippen LogP contribution in [0, 0.1) is 0 Å². The molecule has 1 aromatic heterocycles. The zero-order valence-electron chi connectivity index (χ0n) is 7.16. The van der Waals surface area contributed by atoms with Crippen molar-refractivity contribution in [3.63, 3.8) is 0 Å². The highest BCUT2D eigenvalue weighted by molar-refractivity contribution is 7.98. The van der Waals surface area contributed by atoms with Crippen LogP contribution >= 0.6 is 34.7 Å². The molecule has 2 aromatic rings. The molecule has 1 aliphatic heterocycles. The van der Waals surface area contributed by atoms with Crippen LogP contribution in [0.15, 0.2) is 29.2 Å². The predicted octanol–water partition coefficient (Wildman–Crippen LogP) is 4.07. The molecule has 1 aromatic carbocycles. The monoisotopic (exact) mass is 239 g/mol. The summed E-state index contributed by atoms with van der Waals surface area (Å²) in [6.07, 6.45) is 0. The van der Waals surface area contributed by atoms with Gasteiger partial charge in [-0.3, -0.25) is 0 Å². The first-order valence-corrected chi connectivity index (χ1v) is 6.40. The standard InChI is InChI=1S/C10H6ClNS2/c11-10-12-9-6-3-1-2-4-7(6)13-5-8(9)14-10/h1-4H,5H2. The summed E-state index contributed by atoms with van der Waals surface area (Å²) < 4.78 is 0.646. The number of nitrogens with zero attached hydrogens (tertiary/aromatic N) is 1. The van der Waals surface area contributed by atoms with Gasteiger partial charge < -0.3 is 0 Å². The molecular weight excluding hydrogens is 234 g/mol. The maximum Gasteiger partial charge on any atom is 0.184 e. The average molecular weight is 240 g/mol. The zero-order chi connectivity index (χ0) is 9.54. The highest BCUT2D eigenvalue weighted by Crippen LogP contribution is 2.43. The Labute approximate surface area is 95.1 Å². The van der Waals surface area contributed by atoms with Crippen molar-refractivity contribution in [3.8, 4) is 11.3 Å². The number of fused-ring (bicyclic) bond motifs is 3. The third-order valence-corrected chi connectivity index (χ3v) is 4.61. The molecule has 0 unspecified atom stereocenters. The van der Waals surface area contributed by atoms with Crippen molar-refractivity contribution in [2.24, 2.45) is 0 Å². The quantitative estimate of drug-likeness (QED) is 0.688. The summed E-state index contributed by atoms with van der Waals surface area (Å²) in [6, 6.07) is 8.35. The second kappa shape index (κ2) is 3.26. The summed E-state index contributed by atoms with van der Waals surface area (Å²) in [4.78, 5) is 6.96. The number of thiazole rings is 1. The lowest BCUT2D eigenvalue weighted by Gasteiger charge is -2.13. The fraction of sp³-hybridized carbons (Fsp3) is 0.100. The van der Waals surface area contributed by atoms with Gasteiger partial charge in [-0.2, -0.15) is 0 Å². The van der Waals surface area contributed by atoms with Crippen LogP contribution < -0.4 is 0 Å². The van der Waals surface area contributed by atoms with Crippen LogP contribution in [0.5, 0.6) is 0 Å². The van der Waals surface area contributed by atoms with Crippen molar-refractivity contribution < 1.29 is 0 Å². The normalized spacial score (nSPS) is 13.5. The zero-order valence-corrected chi connectivity index (χ0v) is 9.55. The van der Waals surface area contributed by atoms with E-state index in [1.165, 1.54) is 15.3 Å². The third kappa shape index (κ3) is 1.28. The van der Waals surface area contributed by atoms with E-state index in [9.17, 15) is 0 Å². The Hall–Kier alpha value is -0.510. The van der Waals surface area contributed by atoms with E-state index in [0.29, 0.717) is 4.47 Å². The molecular formula is C10H6ClNS2. The predicted molar refractivity (Wildman–Crippen MR) is 62.1 cm³/mol. The lowest BCUT2D eigenvalue weighted by molar-refractivity contribution is 1.29. The number of hydrogen-bond acceptors (Lipinski definition) is 3. The van der Waals surface area contributed by atoms with Crippen molar-refractivity contribution in [3.05, 3.63) is 33.6 Å². The lowest BCUT2D eigenvalue weighted by Crippen LogP contribution is -1.92. The molecule has 70 valence electrons. The van der Waals surface area contributed by atoms with Crippen molar-refractivity contribution in [2.45, 2.75) is 10.6 Å². The molecule has 0 saturated heterocycles. The Kier molecular flexibility index (Phi) is 2.04. The van der Waals surface area contributed by atoms with Crippen LogP contribution in [0.1, 0.15) is 4.88 Å². The Balaban J connectivity index is 2.28. The molecule has 0 radical (unpaired) electrons. The van der Waals surface area contributed by atoms with E-state index >= 15 is 0 Å². The number of thioether (sulfide) groups is 1. The maximum atomic E-state index is 5.92. The van der Waals surface area contributed by atoms with E-state index in [4.69, 9.17) is 11.6 Å². The topological polar surface area (TPSA) is 12.9 Å².